The van der Waals surface area contributed by atoms with E-state index >= 15 is 0 Å². The van der Waals surface area contributed by atoms with E-state index in [1.54, 1.807) is 6.20 Å². The van der Waals surface area contributed by atoms with Gasteiger partial charge in [0.2, 0.25) is 0 Å². The van der Waals surface area contributed by atoms with Gasteiger partial charge in [0.1, 0.15) is 18.7 Å². The van der Waals surface area contributed by atoms with Gasteiger partial charge in [0, 0.05) is 30.6 Å². The summed E-state index contributed by atoms with van der Waals surface area (Å²) in [7, 11) is 2.05. The molecule has 3 heterocycles. The van der Waals surface area contributed by atoms with Crippen molar-refractivity contribution >= 4 is 46.4 Å². The van der Waals surface area contributed by atoms with Gasteiger partial charge in [-0.15, -0.1) is 6.42 Å². The lowest BCUT2D eigenvalue weighted by Crippen LogP contribution is -2.42. The molecule has 0 aliphatic carbocycles. The van der Waals surface area contributed by atoms with E-state index in [0.717, 1.165) is 84.8 Å². The maximum absolute atomic E-state index is 12.4. The van der Waals surface area contributed by atoms with Crippen LogP contribution >= 0.6 is 23.4 Å². The van der Waals surface area contributed by atoms with Gasteiger partial charge in [-0.1, -0.05) is 17.5 Å². The quantitative estimate of drug-likeness (QED) is 0.0942. The van der Waals surface area contributed by atoms with Gasteiger partial charge in [-0.05, 0) is 67.9 Å². The number of ether oxygens (including phenoxy) is 4. The zero-order valence-corrected chi connectivity index (χ0v) is 28.3. The molecule has 4 rings (SSSR count). The molecule has 1 fully saturated rings. The maximum atomic E-state index is 12.4. The van der Waals surface area contributed by atoms with Crippen LogP contribution in [0.2, 0.25) is 5.02 Å². The summed E-state index contributed by atoms with van der Waals surface area (Å²) in [5, 5.41) is 4.05. The lowest BCUT2D eigenvalue weighted by molar-refractivity contribution is -0.113. The van der Waals surface area contributed by atoms with Crippen LogP contribution in [0.3, 0.4) is 0 Å². The summed E-state index contributed by atoms with van der Waals surface area (Å²) in [4.78, 5) is 24.0. The van der Waals surface area contributed by atoms with Crippen molar-refractivity contribution in [3.8, 4) is 12.3 Å². The number of anilines is 1. The number of nitrogens with one attached hydrogen (secondary N) is 1. The predicted octanol–water partition coefficient (Wildman–Crippen LogP) is 4.36. The van der Waals surface area contributed by atoms with Crippen molar-refractivity contribution in [3.05, 3.63) is 53.1 Å². The van der Waals surface area contributed by atoms with Crippen molar-refractivity contribution in [2.45, 2.75) is 37.8 Å². The number of aromatic nitrogens is 3. The number of carbonyl (C=O) groups excluding carboxylic acids is 1. The van der Waals surface area contributed by atoms with Crippen LogP contribution in [0.15, 0.2) is 36.7 Å². The van der Waals surface area contributed by atoms with Crippen molar-refractivity contribution in [1.29, 1.82) is 0 Å². The summed E-state index contributed by atoms with van der Waals surface area (Å²) in [6.45, 7) is 7.22. The molecule has 0 unspecified atom stereocenters. The molecule has 2 aromatic heterocycles. The molecule has 250 valence electrons. The summed E-state index contributed by atoms with van der Waals surface area (Å²) in [5.74, 6) is 5.30. The molecule has 1 saturated heterocycles. The Bertz CT molecular complexity index is 1390. The van der Waals surface area contributed by atoms with E-state index in [2.05, 4.69) is 25.7 Å². The minimum absolute atomic E-state index is 0.309. The molecule has 3 aromatic rings. The number of thioether (sulfide) groups is 1. The topological polar surface area (TPSA) is 100.0 Å². The Kier molecular flexibility index (Phi) is 15.6. The van der Waals surface area contributed by atoms with Crippen LogP contribution < -0.4 is 10.2 Å². The number of nitrogens with zero attached hydrogens (tertiary/aromatic N) is 4. The van der Waals surface area contributed by atoms with E-state index in [1.165, 1.54) is 0 Å². The molecule has 0 saturated carbocycles. The fraction of sp³-hybridized carbons (Fsp3) is 0.559. The molecule has 0 bridgehead atoms. The summed E-state index contributed by atoms with van der Waals surface area (Å²) < 4.78 is 24.1. The third-order valence-corrected chi connectivity index (χ3v) is 9.25. The predicted molar refractivity (Wildman–Crippen MR) is 185 cm³/mol. The van der Waals surface area contributed by atoms with Gasteiger partial charge in [0.25, 0.3) is 0 Å². The number of halogens is 1. The Labute approximate surface area is 281 Å². The van der Waals surface area contributed by atoms with Crippen LogP contribution in [0.4, 0.5) is 5.69 Å². The first-order valence-electron chi connectivity index (χ1n) is 15.9. The second-order valence-electron chi connectivity index (χ2n) is 11.1. The molecule has 0 spiro atoms. The van der Waals surface area contributed by atoms with Gasteiger partial charge < -0.3 is 38.5 Å². The first kappa shape index (κ1) is 36.2. The van der Waals surface area contributed by atoms with Gasteiger partial charge in [-0.25, -0.2) is 4.98 Å². The van der Waals surface area contributed by atoms with Gasteiger partial charge in [0.15, 0.2) is 0 Å². The summed E-state index contributed by atoms with van der Waals surface area (Å²) in [5.41, 5.74) is 3.44. The number of hydrogen-bond acceptors (Lipinski definition) is 10. The minimum Gasteiger partial charge on any atom is -0.378 e. The molecule has 1 aliphatic heterocycles. The third kappa shape index (κ3) is 10.7. The van der Waals surface area contributed by atoms with Crippen molar-refractivity contribution in [2.24, 2.45) is 0 Å². The number of aldehydes is 1. The Morgan fingerprint density at radius 1 is 1.07 bits per heavy atom. The number of aryl methyl sites for hydroxylation is 1. The van der Waals surface area contributed by atoms with Crippen molar-refractivity contribution in [1.82, 2.24) is 19.9 Å². The van der Waals surface area contributed by atoms with Crippen molar-refractivity contribution in [3.63, 3.8) is 0 Å². The average molecular weight is 672 g/mol. The van der Waals surface area contributed by atoms with Crippen molar-refractivity contribution < 1.29 is 23.7 Å². The normalized spacial score (nSPS) is 14.4. The van der Waals surface area contributed by atoms with Crippen LogP contribution in [0, 0.1) is 12.3 Å². The molecule has 1 N–H and O–H groups in total. The van der Waals surface area contributed by atoms with Crippen molar-refractivity contribution in [2.75, 3.05) is 89.4 Å². The van der Waals surface area contributed by atoms with E-state index < -0.39 is 5.41 Å². The highest BCUT2D eigenvalue weighted by atomic mass is 35.5. The number of fused-ring (bicyclic) bond motifs is 1. The molecule has 10 nitrogen and oxygen atoms in total. The Morgan fingerprint density at radius 2 is 1.78 bits per heavy atom. The monoisotopic (exact) mass is 671 g/mol. The van der Waals surface area contributed by atoms with E-state index in [9.17, 15) is 4.79 Å². The molecular weight excluding hydrogens is 626 g/mol. The first-order chi connectivity index (χ1) is 22.6. The highest BCUT2D eigenvalue weighted by molar-refractivity contribution is 7.99. The van der Waals surface area contributed by atoms with E-state index in [1.807, 2.05) is 49.3 Å². The number of imidazole rings is 1. The average Bonchev–Trinajstić information content (AvgIpc) is 3.41. The van der Waals surface area contributed by atoms with Crippen LogP contribution in [-0.4, -0.2) is 105 Å². The second kappa shape index (κ2) is 19.9. The number of piperidine rings is 1. The minimum atomic E-state index is -0.507. The SMILES string of the molecule is C#CCOCCOCCOCCOCCSCCCn1c(CN(C)c2cnccc2C2(C=O)CCNCC2)nc2cc(Cl)ccc21. The summed E-state index contributed by atoms with van der Waals surface area (Å²) in [6.07, 6.45) is 12.4. The van der Waals surface area contributed by atoms with E-state index in [4.69, 9.17) is 42.0 Å². The number of terminal acetylenes is 1. The smallest absolute Gasteiger partial charge is 0.130 e. The highest BCUT2D eigenvalue weighted by Crippen LogP contribution is 2.37. The summed E-state index contributed by atoms with van der Waals surface area (Å²) in [6, 6.07) is 7.88. The summed E-state index contributed by atoms with van der Waals surface area (Å²) >= 11 is 8.21. The highest BCUT2D eigenvalue weighted by Gasteiger charge is 2.36. The number of rotatable bonds is 22. The van der Waals surface area contributed by atoms with E-state index in [0.29, 0.717) is 64.4 Å². The molecule has 0 amide bonds. The molecule has 12 heteroatoms. The molecular formula is C34H46ClN5O5S. The molecule has 46 heavy (non-hydrogen) atoms. The lowest BCUT2D eigenvalue weighted by Gasteiger charge is -2.36. The molecule has 0 radical (unpaired) electrons. The largest absolute Gasteiger partial charge is 0.378 e. The Hall–Kier alpha value is -2.69. The molecule has 1 aromatic carbocycles. The lowest BCUT2D eigenvalue weighted by atomic mass is 9.74. The number of benzene rings is 1. The Morgan fingerprint density at radius 3 is 2.50 bits per heavy atom. The van der Waals surface area contributed by atoms with E-state index in [-0.39, 0.29) is 0 Å². The second-order valence-corrected chi connectivity index (χ2v) is 12.8. The fourth-order valence-corrected chi connectivity index (χ4v) is 6.53. The molecule has 1 aliphatic rings. The van der Waals surface area contributed by atoms with Crippen LogP contribution in [-0.2, 0) is 42.2 Å². The zero-order valence-electron chi connectivity index (χ0n) is 26.8. The van der Waals surface area contributed by atoms with Crippen LogP contribution in [0.25, 0.3) is 11.0 Å². The zero-order chi connectivity index (χ0) is 32.5. The molecule has 0 atom stereocenters. The fourth-order valence-electron chi connectivity index (χ4n) is 5.59. The number of carbonyl (C=O) groups is 1. The maximum Gasteiger partial charge on any atom is 0.130 e. The van der Waals surface area contributed by atoms with Gasteiger partial charge in [0.05, 0.1) is 81.1 Å². The number of hydrogen-bond donors (Lipinski definition) is 1. The van der Waals surface area contributed by atoms with Crippen LogP contribution in [0.1, 0.15) is 30.7 Å². The standard InChI is InChI=1S/C34H46ClN5O5S/c1-3-14-42-15-16-43-17-18-44-19-20-45-21-23-46-22-4-13-40-31-6-5-28(35)24-30(31)38-33(40)26-39(2)32-25-37-10-7-29(32)34(27-41)8-11-36-12-9-34/h1,5-7,10,24-25,27,36H,4,8-9,11-23,26H2,2H3. The van der Waals surface area contributed by atoms with Gasteiger partial charge in [-0.3, -0.25) is 4.98 Å². The third-order valence-electron chi connectivity index (χ3n) is 7.98. The van der Waals surface area contributed by atoms with Gasteiger partial charge >= 0.3 is 0 Å². The van der Waals surface area contributed by atoms with Gasteiger partial charge in [-0.2, -0.15) is 11.8 Å². The first-order valence-corrected chi connectivity index (χ1v) is 17.4. The van der Waals surface area contributed by atoms with Crippen LogP contribution in [0.5, 0.6) is 0 Å². The Balaban J connectivity index is 1.23. The number of pyridine rings is 1.